The molecule has 0 bridgehead atoms. The highest BCUT2D eigenvalue weighted by Crippen LogP contribution is 2.34. The van der Waals surface area contributed by atoms with Crippen molar-refractivity contribution in [3.63, 3.8) is 0 Å². The highest BCUT2D eigenvalue weighted by Gasteiger charge is 2.45. The van der Waals surface area contributed by atoms with Gasteiger partial charge in [0.2, 0.25) is 17.7 Å². The summed E-state index contributed by atoms with van der Waals surface area (Å²) in [6.07, 6.45) is 1.62. The molecular weight excluding hydrogens is 588 g/mol. The third-order valence-electron chi connectivity index (χ3n) is 8.05. The first kappa shape index (κ1) is 33.9. The SMILES string of the molecule is C.C=C1CCC(N2C(=O)c3cccc(NC(C)C)c3C2=O)C(=O)N1.CC(C)Nc1cccc2c1CN(C1CCC(=O)NC1=O)C2=O. The molecule has 46 heavy (non-hydrogen) atoms. The van der Waals surface area contributed by atoms with Gasteiger partial charge in [-0.1, -0.05) is 26.1 Å². The third-order valence-corrected chi connectivity index (χ3v) is 8.05. The number of nitrogens with one attached hydrogen (secondary N) is 4. The number of nitrogens with zero attached hydrogens (tertiary/aromatic N) is 2. The lowest BCUT2D eigenvalue weighted by Crippen LogP contribution is -2.52. The first-order valence-electron chi connectivity index (χ1n) is 15.2. The summed E-state index contributed by atoms with van der Waals surface area (Å²) >= 11 is 0. The van der Waals surface area contributed by atoms with Gasteiger partial charge in [0.1, 0.15) is 12.1 Å². The summed E-state index contributed by atoms with van der Waals surface area (Å²) in [6, 6.07) is 9.75. The molecule has 0 aliphatic carbocycles. The van der Waals surface area contributed by atoms with Gasteiger partial charge >= 0.3 is 0 Å². The number of benzene rings is 2. The molecule has 4 aliphatic rings. The van der Waals surface area contributed by atoms with E-state index in [2.05, 4.69) is 27.8 Å². The van der Waals surface area contributed by atoms with E-state index in [0.29, 0.717) is 53.9 Å². The maximum Gasteiger partial charge on any atom is 0.264 e. The minimum atomic E-state index is -0.778. The van der Waals surface area contributed by atoms with Crippen LogP contribution in [-0.4, -0.2) is 69.4 Å². The standard InChI is InChI=1S/C17H19N3O3.C16H19N3O3.CH4/c1-9(2)18-12-6-4-5-11-14(12)17(23)20(16(11)22)13-8-7-10(3)19-15(13)21;1-9(2)17-12-5-3-4-10-11(12)8-19(16(10)22)13-6-7-14(20)18-15(13)21;/h4-6,9,13,18H,3,7-8H2,1-2H3,(H,19,21);3-5,9,13,17H,6-8H2,1-2H3,(H,18,20,21);1H4. The van der Waals surface area contributed by atoms with Crippen LogP contribution in [0.5, 0.6) is 0 Å². The van der Waals surface area contributed by atoms with Gasteiger partial charge in [0.15, 0.2) is 0 Å². The van der Waals surface area contributed by atoms with Crippen LogP contribution >= 0.6 is 0 Å². The molecule has 4 aliphatic heterocycles. The Kier molecular flexibility index (Phi) is 9.98. The molecule has 2 saturated heterocycles. The highest BCUT2D eigenvalue weighted by molar-refractivity contribution is 6.25. The summed E-state index contributed by atoms with van der Waals surface area (Å²) in [7, 11) is 0. The Balaban J connectivity index is 0.000000205. The molecule has 0 radical (unpaired) electrons. The largest absolute Gasteiger partial charge is 0.383 e. The van der Waals surface area contributed by atoms with Crippen LogP contribution in [0.3, 0.4) is 0 Å². The molecule has 244 valence electrons. The number of fused-ring (bicyclic) bond motifs is 2. The van der Waals surface area contributed by atoms with E-state index >= 15 is 0 Å². The number of carbonyl (C=O) groups is 6. The van der Waals surface area contributed by atoms with Crippen molar-refractivity contribution in [2.24, 2.45) is 0 Å². The van der Waals surface area contributed by atoms with Crippen molar-refractivity contribution in [1.29, 1.82) is 0 Å². The summed E-state index contributed by atoms with van der Waals surface area (Å²) in [6.45, 7) is 12.1. The summed E-state index contributed by atoms with van der Waals surface area (Å²) in [5, 5.41) is 11.5. The zero-order valence-corrected chi connectivity index (χ0v) is 25.9. The van der Waals surface area contributed by atoms with Crippen LogP contribution in [-0.2, 0) is 20.9 Å². The number of hydrogen-bond donors (Lipinski definition) is 4. The van der Waals surface area contributed by atoms with E-state index < -0.39 is 23.9 Å². The Morgan fingerprint density at radius 3 is 1.96 bits per heavy atom. The number of hydrogen-bond acceptors (Lipinski definition) is 8. The van der Waals surface area contributed by atoms with Gasteiger partial charge in [0.25, 0.3) is 17.7 Å². The van der Waals surface area contributed by atoms with E-state index in [0.717, 1.165) is 16.2 Å². The lowest BCUT2D eigenvalue weighted by Gasteiger charge is -2.29. The van der Waals surface area contributed by atoms with Crippen LogP contribution in [0.2, 0.25) is 0 Å². The highest BCUT2D eigenvalue weighted by atomic mass is 16.2. The molecule has 0 spiro atoms. The van der Waals surface area contributed by atoms with Gasteiger partial charge in [-0.2, -0.15) is 0 Å². The lowest BCUT2D eigenvalue weighted by molar-refractivity contribution is -0.137. The van der Waals surface area contributed by atoms with Crippen molar-refractivity contribution in [1.82, 2.24) is 20.4 Å². The number of allylic oxidation sites excluding steroid dienone is 1. The third kappa shape index (κ3) is 6.51. The monoisotopic (exact) mass is 630 g/mol. The Morgan fingerprint density at radius 1 is 0.739 bits per heavy atom. The maximum atomic E-state index is 12.8. The molecule has 12 nitrogen and oxygen atoms in total. The van der Waals surface area contributed by atoms with Crippen LogP contribution in [0.15, 0.2) is 48.7 Å². The molecule has 2 unspecified atom stereocenters. The summed E-state index contributed by atoms with van der Waals surface area (Å²) in [4.78, 5) is 76.1. The van der Waals surface area contributed by atoms with Crippen LogP contribution < -0.4 is 21.3 Å². The Labute approximate surface area is 269 Å². The molecule has 6 amide bonds. The number of piperidine rings is 2. The number of anilines is 2. The molecule has 4 heterocycles. The maximum absolute atomic E-state index is 12.8. The molecule has 2 aromatic carbocycles. The van der Waals surface area contributed by atoms with E-state index in [4.69, 9.17) is 0 Å². The van der Waals surface area contributed by atoms with Crippen LogP contribution in [0.25, 0.3) is 0 Å². The van der Waals surface area contributed by atoms with Gasteiger partial charge in [0.05, 0.1) is 11.1 Å². The van der Waals surface area contributed by atoms with Gasteiger partial charge in [-0.3, -0.25) is 39.0 Å². The first-order chi connectivity index (χ1) is 21.4. The molecule has 2 aromatic rings. The van der Waals surface area contributed by atoms with Gasteiger partial charge in [-0.15, -0.1) is 0 Å². The van der Waals surface area contributed by atoms with Crippen molar-refractivity contribution in [3.05, 3.63) is 70.9 Å². The fourth-order valence-corrected chi connectivity index (χ4v) is 6.06. The number of carbonyl (C=O) groups excluding carboxylic acids is 6. The minimum absolute atomic E-state index is 0. The average molecular weight is 631 g/mol. The Hall–Kier alpha value is -5.00. The fourth-order valence-electron chi connectivity index (χ4n) is 6.06. The van der Waals surface area contributed by atoms with Crippen LogP contribution in [0.1, 0.15) is 97.4 Å². The predicted molar refractivity (Wildman–Crippen MR) is 174 cm³/mol. The van der Waals surface area contributed by atoms with Gasteiger partial charge in [-0.25, -0.2) is 0 Å². The van der Waals surface area contributed by atoms with Crippen LogP contribution in [0.4, 0.5) is 11.4 Å². The van der Waals surface area contributed by atoms with Crippen molar-refractivity contribution >= 4 is 46.8 Å². The number of amides is 6. The molecule has 6 rings (SSSR count). The molecule has 2 atom stereocenters. The van der Waals surface area contributed by atoms with E-state index in [1.165, 1.54) is 0 Å². The quantitative estimate of drug-likeness (QED) is 0.351. The number of rotatable bonds is 6. The lowest BCUT2D eigenvalue weighted by atomic mass is 10.0. The molecule has 0 saturated carbocycles. The van der Waals surface area contributed by atoms with Crippen molar-refractivity contribution in [3.8, 4) is 0 Å². The first-order valence-corrected chi connectivity index (χ1v) is 15.2. The summed E-state index contributed by atoms with van der Waals surface area (Å²) < 4.78 is 0. The summed E-state index contributed by atoms with van der Waals surface area (Å²) in [5.74, 6) is -1.97. The average Bonchev–Trinajstić information content (AvgIpc) is 3.43. The molecule has 12 heteroatoms. The fraction of sp³-hybridized carbons (Fsp3) is 0.412. The molecule has 2 fully saturated rings. The van der Waals surface area contributed by atoms with Crippen molar-refractivity contribution < 1.29 is 28.8 Å². The van der Waals surface area contributed by atoms with E-state index in [9.17, 15) is 28.8 Å². The van der Waals surface area contributed by atoms with E-state index in [-0.39, 0.29) is 49.6 Å². The Morgan fingerprint density at radius 2 is 1.33 bits per heavy atom. The number of imide groups is 2. The topological polar surface area (TPSA) is 157 Å². The van der Waals surface area contributed by atoms with E-state index in [1.54, 1.807) is 29.2 Å². The molecule has 0 aromatic heterocycles. The van der Waals surface area contributed by atoms with Crippen molar-refractivity contribution in [2.75, 3.05) is 10.6 Å². The second-order valence-corrected chi connectivity index (χ2v) is 12.2. The molecule has 4 N–H and O–H groups in total. The summed E-state index contributed by atoms with van der Waals surface area (Å²) in [5.41, 5.74) is 4.42. The second-order valence-electron chi connectivity index (χ2n) is 12.2. The van der Waals surface area contributed by atoms with Gasteiger partial charge < -0.3 is 20.9 Å². The smallest absolute Gasteiger partial charge is 0.264 e. The van der Waals surface area contributed by atoms with E-state index in [1.807, 2.05) is 39.8 Å². The molecular formula is C34H42N6O6. The van der Waals surface area contributed by atoms with Gasteiger partial charge in [0, 0.05) is 53.2 Å². The van der Waals surface area contributed by atoms with Crippen LogP contribution in [0, 0.1) is 0 Å². The zero-order chi connectivity index (χ0) is 32.6. The predicted octanol–water partition coefficient (Wildman–Crippen LogP) is 3.80. The zero-order valence-electron chi connectivity index (χ0n) is 25.9. The van der Waals surface area contributed by atoms with Crippen molar-refractivity contribution in [2.45, 2.75) is 91.5 Å². The Bertz CT molecular complexity index is 1610. The van der Waals surface area contributed by atoms with Gasteiger partial charge in [-0.05, 0) is 71.2 Å². The minimum Gasteiger partial charge on any atom is -0.383 e. The normalized spacial score (nSPS) is 20.5. The second kappa shape index (κ2) is 13.6.